The van der Waals surface area contributed by atoms with Gasteiger partial charge in [0.05, 0.1) is 0 Å². The summed E-state index contributed by atoms with van der Waals surface area (Å²) in [7, 11) is 2.38. The molecule has 1 aliphatic heterocycles. The van der Waals surface area contributed by atoms with Gasteiger partial charge >= 0.3 is 0 Å². The van der Waals surface area contributed by atoms with Crippen molar-refractivity contribution in [3.05, 3.63) is 34.9 Å². The molecule has 0 aromatic heterocycles. The average molecular weight is 312 g/mol. The summed E-state index contributed by atoms with van der Waals surface area (Å²) in [6.07, 6.45) is 8.56. The Balaban J connectivity index is 1.82. The largest absolute Gasteiger partial charge is 0.302 e. The molecule has 2 fully saturated rings. The number of hydrogen-bond donors (Lipinski definition) is 0. The highest BCUT2D eigenvalue weighted by Crippen LogP contribution is 2.59. The predicted octanol–water partition coefficient (Wildman–Crippen LogP) is 5.49. The fourth-order valence-corrected chi connectivity index (χ4v) is 6.42. The van der Waals surface area contributed by atoms with Gasteiger partial charge in [-0.3, -0.25) is 0 Å². The van der Waals surface area contributed by atoms with Crippen LogP contribution < -0.4 is 0 Å². The van der Waals surface area contributed by atoms with Crippen LogP contribution in [-0.2, 0) is 0 Å². The summed E-state index contributed by atoms with van der Waals surface area (Å²) in [5, 5.41) is 0. The van der Waals surface area contributed by atoms with Crippen LogP contribution in [0, 0.1) is 18.3 Å². The van der Waals surface area contributed by atoms with Gasteiger partial charge in [-0.25, -0.2) is 0 Å². The van der Waals surface area contributed by atoms with E-state index in [0.717, 1.165) is 23.8 Å². The van der Waals surface area contributed by atoms with Gasteiger partial charge in [0.1, 0.15) is 0 Å². The highest BCUT2D eigenvalue weighted by Gasteiger charge is 2.52. The van der Waals surface area contributed by atoms with Gasteiger partial charge in [0, 0.05) is 17.9 Å². The second kappa shape index (κ2) is 5.62. The van der Waals surface area contributed by atoms with E-state index in [9.17, 15) is 0 Å². The van der Waals surface area contributed by atoms with Crippen LogP contribution in [0.3, 0.4) is 0 Å². The zero-order valence-corrected chi connectivity index (χ0v) is 15.4. The van der Waals surface area contributed by atoms with Crippen molar-refractivity contribution in [2.45, 2.75) is 77.2 Å². The molecule has 1 aromatic rings. The monoisotopic (exact) mass is 311 g/mol. The molecule has 0 N–H and O–H groups in total. The van der Waals surface area contributed by atoms with Crippen molar-refractivity contribution in [2.24, 2.45) is 11.3 Å². The average Bonchev–Trinajstić information content (AvgIpc) is 3.14. The van der Waals surface area contributed by atoms with Crippen molar-refractivity contribution in [2.75, 3.05) is 13.6 Å². The quantitative estimate of drug-likeness (QED) is 0.698. The van der Waals surface area contributed by atoms with E-state index in [0.29, 0.717) is 5.41 Å². The molecular formula is C22H33N. The maximum Gasteiger partial charge on any atom is 0.0235 e. The number of aryl methyl sites for hydroxylation is 1. The number of benzene rings is 1. The first-order valence-electron chi connectivity index (χ1n) is 9.81. The Morgan fingerprint density at radius 2 is 1.78 bits per heavy atom. The Kier molecular flexibility index (Phi) is 3.83. The summed E-state index contributed by atoms with van der Waals surface area (Å²) in [5.74, 6) is 2.40. The maximum absolute atomic E-state index is 2.70. The molecule has 2 aliphatic carbocycles. The van der Waals surface area contributed by atoms with Crippen LogP contribution in [0.5, 0.6) is 0 Å². The zero-order valence-electron chi connectivity index (χ0n) is 15.4. The van der Waals surface area contributed by atoms with Gasteiger partial charge in [-0.15, -0.1) is 0 Å². The second-order valence-corrected chi connectivity index (χ2v) is 9.08. The van der Waals surface area contributed by atoms with Crippen LogP contribution in [0.25, 0.3) is 0 Å². The van der Waals surface area contributed by atoms with E-state index in [-0.39, 0.29) is 0 Å². The molecule has 1 heteroatoms. The van der Waals surface area contributed by atoms with Gasteiger partial charge in [-0.2, -0.15) is 0 Å². The molecule has 0 bridgehead atoms. The maximum atomic E-state index is 2.70. The topological polar surface area (TPSA) is 3.24 Å². The summed E-state index contributed by atoms with van der Waals surface area (Å²) < 4.78 is 0. The summed E-state index contributed by atoms with van der Waals surface area (Å²) >= 11 is 0. The van der Waals surface area contributed by atoms with Crippen LogP contribution in [-0.4, -0.2) is 24.5 Å². The zero-order chi connectivity index (χ0) is 16.2. The van der Waals surface area contributed by atoms with E-state index in [4.69, 9.17) is 0 Å². The Labute approximate surface area is 142 Å². The molecule has 3 aliphatic rings. The fraction of sp³-hybridized carbons (Fsp3) is 0.727. The van der Waals surface area contributed by atoms with Gasteiger partial charge < -0.3 is 4.90 Å². The molecule has 23 heavy (non-hydrogen) atoms. The molecule has 1 aromatic carbocycles. The predicted molar refractivity (Wildman–Crippen MR) is 98.1 cm³/mol. The molecule has 4 rings (SSSR count). The smallest absolute Gasteiger partial charge is 0.0235 e. The molecule has 1 nitrogen and oxygen atoms in total. The molecule has 0 radical (unpaired) electrons. The first kappa shape index (κ1) is 15.7. The Morgan fingerprint density at radius 1 is 1.04 bits per heavy atom. The van der Waals surface area contributed by atoms with E-state index in [1.54, 1.807) is 11.1 Å². The molecule has 1 heterocycles. The molecule has 1 saturated carbocycles. The van der Waals surface area contributed by atoms with Gasteiger partial charge in [-0.1, -0.05) is 44.9 Å². The summed E-state index contributed by atoms with van der Waals surface area (Å²) in [4.78, 5) is 2.70. The number of nitrogens with zero attached hydrogens (tertiary/aromatic N) is 1. The Hall–Kier alpha value is -0.820. The third kappa shape index (κ3) is 2.30. The van der Waals surface area contributed by atoms with E-state index in [1.165, 1.54) is 50.6 Å². The van der Waals surface area contributed by atoms with Gasteiger partial charge in [0.15, 0.2) is 0 Å². The normalized spacial score (nSPS) is 32.1. The third-order valence-corrected chi connectivity index (χ3v) is 7.56. The first-order valence-corrected chi connectivity index (χ1v) is 9.81. The van der Waals surface area contributed by atoms with Crippen molar-refractivity contribution in [3.8, 4) is 0 Å². The lowest BCUT2D eigenvalue weighted by molar-refractivity contribution is 0.0664. The van der Waals surface area contributed by atoms with E-state index in [2.05, 4.69) is 50.9 Å². The lowest BCUT2D eigenvalue weighted by Crippen LogP contribution is -2.47. The van der Waals surface area contributed by atoms with Gasteiger partial charge in [-0.05, 0) is 74.2 Å². The third-order valence-electron chi connectivity index (χ3n) is 7.56. The molecule has 0 spiro atoms. The minimum absolute atomic E-state index is 0.421. The number of likely N-dealkylation sites (tertiary alicyclic amines) is 1. The highest BCUT2D eigenvalue weighted by molar-refractivity contribution is 5.48. The Morgan fingerprint density at radius 3 is 2.52 bits per heavy atom. The molecule has 1 saturated heterocycles. The van der Waals surface area contributed by atoms with E-state index in [1.807, 2.05) is 0 Å². The molecule has 0 amide bonds. The van der Waals surface area contributed by atoms with Crippen molar-refractivity contribution < 1.29 is 0 Å². The van der Waals surface area contributed by atoms with Crippen molar-refractivity contribution in [1.29, 1.82) is 0 Å². The SMILES string of the molecule is Cc1cccc2c1C1CCCN(C)C1C2C(C)(C)C1CCCC1. The fourth-order valence-electron chi connectivity index (χ4n) is 6.42. The lowest BCUT2D eigenvalue weighted by atomic mass is 9.64. The number of rotatable bonds is 2. The lowest BCUT2D eigenvalue weighted by Gasteiger charge is -2.47. The van der Waals surface area contributed by atoms with Crippen molar-refractivity contribution in [1.82, 2.24) is 4.90 Å². The van der Waals surface area contributed by atoms with Gasteiger partial charge in [0.2, 0.25) is 0 Å². The van der Waals surface area contributed by atoms with Crippen molar-refractivity contribution in [3.63, 3.8) is 0 Å². The minimum Gasteiger partial charge on any atom is -0.302 e. The summed E-state index contributed by atoms with van der Waals surface area (Å²) in [6, 6.07) is 7.85. The Bertz CT molecular complexity index is 582. The highest BCUT2D eigenvalue weighted by atomic mass is 15.2. The number of piperidine rings is 1. The minimum atomic E-state index is 0.421. The number of fused-ring (bicyclic) bond motifs is 3. The molecule has 126 valence electrons. The van der Waals surface area contributed by atoms with Crippen LogP contribution in [0.2, 0.25) is 0 Å². The van der Waals surface area contributed by atoms with Crippen LogP contribution >= 0.6 is 0 Å². The van der Waals surface area contributed by atoms with Crippen molar-refractivity contribution >= 4 is 0 Å². The molecule has 3 unspecified atom stereocenters. The number of hydrogen-bond acceptors (Lipinski definition) is 1. The van der Waals surface area contributed by atoms with Gasteiger partial charge in [0.25, 0.3) is 0 Å². The molecule has 3 atom stereocenters. The van der Waals surface area contributed by atoms with E-state index >= 15 is 0 Å². The standard InChI is InChI=1S/C22H33N/c1-15-9-7-12-17-19(15)18-13-8-14-23(4)21(18)20(17)22(2,3)16-10-5-6-11-16/h7,9,12,16,18,20-21H,5-6,8,10-11,13-14H2,1-4H3. The van der Waals surface area contributed by atoms with Crippen LogP contribution in [0.4, 0.5) is 0 Å². The first-order chi connectivity index (χ1) is 11.0. The summed E-state index contributed by atoms with van der Waals surface area (Å²) in [5.41, 5.74) is 5.38. The van der Waals surface area contributed by atoms with Crippen LogP contribution in [0.1, 0.15) is 80.9 Å². The van der Waals surface area contributed by atoms with Crippen LogP contribution in [0.15, 0.2) is 18.2 Å². The molecular weight excluding hydrogens is 278 g/mol. The second-order valence-electron chi connectivity index (χ2n) is 9.08. The van der Waals surface area contributed by atoms with E-state index < -0.39 is 0 Å². The number of likely N-dealkylation sites (N-methyl/N-ethyl adjacent to an activating group) is 1. The summed E-state index contributed by atoms with van der Waals surface area (Å²) in [6.45, 7) is 8.80.